The molecule has 1 unspecified atom stereocenters. The number of hydrogen-bond donors (Lipinski definition) is 1. The number of carboxylic acid groups (broad SMARTS) is 1. The summed E-state index contributed by atoms with van der Waals surface area (Å²) in [6, 6.07) is 0. The first kappa shape index (κ1) is 33.6. The Hall–Kier alpha value is -0.610. The van der Waals surface area contributed by atoms with Crippen LogP contribution in [-0.2, 0) is 4.79 Å². The molecule has 4 nitrogen and oxygen atoms in total. The Morgan fingerprint density at radius 3 is 1.50 bits per heavy atom. The SMILES string of the molecule is CCC(C)CCCCCCCCCCCCCCCCC(=O)[O-].CC[N+](C)(C)CCCN. The lowest BCUT2D eigenvalue weighted by Crippen LogP contribution is -2.40. The zero-order chi connectivity index (χ0) is 24.5. The summed E-state index contributed by atoms with van der Waals surface area (Å²) >= 11 is 0. The molecule has 0 amide bonds. The minimum Gasteiger partial charge on any atom is -0.550 e. The van der Waals surface area contributed by atoms with Gasteiger partial charge in [0.2, 0.25) is 0 Å². The van der Waals surface area contributed by atoms with E-state index in [-0.39, 0.29) is 6.42 Å². The maximum Gasteiger partial charge on any atom is 0.0794 e. The van der Waals surface area contributed by atoms with E-state index in [4.69, 9.17) is 5.73 Å². The molecule has 32 heavy (non-hydrogen) atoms. The summed E-state index contributed by atoms with van der Waals surface area (Å²) in [4.78, 5) is 10.3. The van der Waals surface area contributed by atoms with Crippen molar-refractivity contribution < 1.29 is 14.4 Å². The lowest BCUT2D eigenvalue weighted by atomic mass is 9.99. The standard InChI is InChI=1S/C21H42O2.C7H19N2/c1-3-20(2)18-16-14-12-10-8-6-4-5-7-9-11-13-15-17-19-21(22)23;1-4-9(2,3)7-5-6-8/h20H,3-19H2,1-2H3,(H,22,23);4-8H2,1-3H3/q;+1/p-1. The van der Waals surface area contributed by atoms with Crippen molar-refractivity contribution in [3.8, 4) is 0 Å². The van der Waals surface area contributed by atoms with Crippen LogP contribution < -0.4 is 10.8 Å². The summed E-state index contributed by atoms with van der Waals surface area (Å²) in [5.74, 6) is 0.0182. The van der Waals surface area contributed by atoms with Crippen LogP contribution in [0.15, 0.2) is 0 Å². The van der Waals surface area contributed by atoms with Crippen LogP contribution in [0, 0.1) is 5.92 Å². The Morgan fingerprint density at radius 1 is 0.750 bits per heavy atom. The van der Waals surface area contributed by atoms with Gasteiger partial charge in [-0.2, -0.15) is 0 Å². The van der Waals surface area contributed by atoms with E-state index < -0.39 is 5.97 Å². The number of carbonyl (C=O) groups is 1. The third kappa shape index (κ3) is 29.4. The second-order valence-corrected chi connectivity index (χ2v) is 10.5. The first-order valence-electron chi connectivity index (χ1n) is 14.0. The number of nitrogens with zero attached hydrogens (tertiary/aromatic N) is 1. The van der Waals surface area contributed by atoms with Crippen LogP contribution in [-0.4, -0.2) is 44.2 Å². The molecule has 0 aromatic carbocycles. The van der Waals surface area contributed by atoms with Crippen LogP contribution in [0.1, 0.15) is 136 Å². The summed E-state index contributed by atoms with van der Waals surface area (Å²) in [6.07, 6.45) is 22.4. The Balaban J connectivity index is 0. The van der Waals surface area contributed by atoms with Crippen LogP contribution in [0.3, 0.4) is 0 Å². The minimum atomic E-state index is -0.902. The van der Waals surface area contributed by atoms with Crippen LogP contribution in [0.5, 0.6) is 0 Å². The van der Waals surface area contributed by atoms with Gasteiger partial charge in [0.25, 0.3) is 0 Å². The van der Waals surface area contributed by atoms with E-state index in [1.807, 2.05) is 0 Å². The topological polar surface area (TPSA) is 66.1 Å². The predicted molar refractivity (Wildman–Crippen MR) is 140 cm³/mol. The Labute approximate surface area is 202 Å². The maximum atomic E-state index is 10.3. The number of carboxylic acids is 1. The molecule has 194 valence electrons. The Bertz CT molecular complexity index is 386. The van der Waals surface area contributed by atoms with E-state index in [1.165, 1.54) is 103 Å². The monoisotopic (exact) mass is 456 g/mol. The molecule has 0 bridgehead atoms. The predicted octanol–water partition coefficient (Wildman–Crippen LogP) is 6.46. The van der Waals surface area contributed by atoms with Gasteiger partial charge < -0.3 is 20.1 Å². The molecule has 0 aromatic heterocycles. The quantitative estimate of drug-likeness (QED) is 0.150. The zero-order valence-electron chi connectivity index (χ0n) is 22.8. The van der Waals surface area contributed by atoms with Crippen molar-refractivity contribution in [3.05, 3.63) is 0 Å². The second kappa shape index (κ2) is 25.0. The van der Waals surface area contributed by atoms with E-state index in [0.717, 1.165) is 36.2 Å². The smallest absolute Gasteiger partial charge is 0.0794 e. The van der Waals surface area contributed by atoms with Gasteiger partial charge in [-0.05, 0) is 32.2 Å². The van der Waals surface area contributed by atoms with E-state index in [2.05, 4.69) is 34.9 Å². The highest BCUT2D eigenvalue weighted by Crippen LogP contribution is 2.16. The normalized spacial score (nSPS) is 12.3. The fraction of sp³-hybridized carbons (Fsp3) is 0.964. The van der Waals surface area contributed by atoms with Gasteiger partial charge in [-0.1, -0.05) is 110 Å². The van der Waals surface area contributed by atoms with Gasteiger partial charge in [-0.15, -0.1) is 0 Å². The lowest BCUT2D eigenvalue weighted by Gasteiger charge is -2.27. The maximum absolute atomic E-state index is 10.3. The molecule has 2 N–H and O–H groups in total. The van der Waals surface area contributed by atoms with Gasteiger partial charge in [0.1, 0.15) is 0 Å². The van der Waals surface area contributed by atoms with Crippen LogP contribution in [0.2, 0.25) is 0 Å². The molecular weight excluding hydrogens is 396 g/mol. The third-order valence-electron chi connectivity index (χ3n) is 6.85. The minimum absolute atomic E-state index is 0.234. The molecule has 1 atom stereocenters. The molecule has 0 aliphatic rings. The number of unbranched alkanes of at least 4 members (excludes halogenated alkanes) is 13. The lowest BCUT2D eigenvalue weighted by molar-refractivity contribution is -0.888. The number of carbonyl (C=O) groups excluding carboxylic acids is 1. The van der Waals surface area contributed by atoms with E-state index in [9.17, 15) is 9.90 Å². The number of rotatable bonds is 22. The summed E-state index contributed by atoms with van der Waals surface area (Å²) in [5.41, 5.74) is 5.38. The van der Waals surface area contributed by atoms with E-state index >= 15 is 0 Å². The van der Waals surface area contributed by atoms with E-state index in [1.54, 1.807) is 0 Å². The fourth-order valence-electron chi connectivity index (χ4n) is 3.77. The summed E-state index contributed by atoms with van der Waals surface area (Å²) in [7, 11) is 4.46. The van der Waals surface area contributed by atoms with Crippen molar-refractivity contribution >= 4 is 5.97 Å². The van der Waals surface area contributed by atoms with Gasteiger partial charge >= 0.3 is 0 Å². The van der Waals surface area contributed by atoms with Gasteiger partial charge in [0.05, 0.1) is 27.2 Å². The average molecular weight is 457 g/mol. The molecule has 0 saturated carbocycles. The molecule has 0 aromatic rings. The molecule has 0 rings (SSSR count). The molecule has 0 aliphatic carbocycles. The molecular formula is C28H60N2O2. The molecule has 0 radical (unpaired) electrons. The van der Waals surface area contributed by atoms with Gasteiger partial charge in [0.15, 0.2) is 0 Å². The number of nitrogens with two attached hydrogens (primary N) is 1. The highest BCUT2D eigenvalue weighted by Gasteiger charge is 2.08. The fourth-order valence-corrected chi connectivity index (χ4v) is 3.77. The van der Waals surface area contributed by atoms with Crippen molar-refractivity contribution in [2.75, 3.05) is 33.7 Å². The molecule has 0 fully saturated rings. The Morgan fingerprint density at radius 2 is 1.16 bits per heavy atom. The molecule has 0 aliphatic heterocycles. The highest BCUT2D eigenvalue weighted by atomic mass is 16.4. The Kier molecular flexibility index (Phi) is 26.2. The molecule has 0 saturated heterocycles. The molecule has 0 spiro atoms. The van der Waals surface area contributed by atoms with Crippen molar-refractivity contribution in [2.24, 2.45) is 11.7 Å². The van der Waals surface area contributed by atoms with Crippen molar-refractivity contribution in [3.63, 3.8) is 0 Å². The zero-order valence-corrected chi connectivity index (χ0v) is 22.8. The van der Waals surface area contributed by atoms with Gasteiger partial charge in [-0.3, -0.25) is 0 Å². The van der Waals surface area contributed by atoms with Crippen LogP contribution >= 0.6 is 0 Å². The van der Waals surface area contributed by atoms with Crippen LogP contribution in [0.4, 0.5) is 0 Å². The number of quaternary nitrogens is 1. The van der Waals surface area contributed by atoms with Crippen molar-refractivity contribution in [2.45, 2.75) is 136 Å². The average Bonchev–Trinajstić information content (AvgIpc) is 2.77. The number of aliphatic carboxylic acids is 1. The van der Waals surface area contributed by atoms with Crippen molar-refractivity contribution in [1.82, 2.24) is 0 Å². The number of hydrogen-bond acceptors (Lipinski definition) is 3. The summed E-state index contributed by atoms with van der Waals surface area (Å²) in [6.45, 7) is 10.1. The first-order valence-corrected chi connectivity index (χ1v) is 14.0. The highest BCUT2D eigenvalue weighted by molar-refractivity contribution is 5.63. The second-order valence-electron chi connectivity index (χ2n) is 10.5. The van der Waals surface area contributed by atoms with Crippen molar-refractivity contribution in [1.29, 1.82) is 0 Å². The molecule has 0 heterocycles. The summed E-state index contributed by atoms with van der Waals surface area (Å²) in [5, 5.41) is 10.3. The van der Waals surface area contributed by atoms with Gasteiger partial charge in [0, 0.05) is 12.4 Å². The van der Waals surface area contributed by atoms with E-state index in [0.29, 0.717) is 0 Å². The summed E-state index contributed by atoms with van der Waals surface area (Å²) < 4.78 is 1.09. The largest absolute Gasteiger partial charge is 0.550 e. The van der Waals surface area contributed by atoms with Gasteiger partial charge in [-0.25, -0.2) is 0 Å². The van der Waals surface area contributed by atoms with Crippen LogP contribution in [0.25, 0.3) is 0 Å². The molecule has 4 heteroatoms. The first-order chi connectivity index (χ1) is 15.3. The third-order valence-corrected chi connectivity index (χ3v) is 6.85.